The zero-order valence-electron chi connectivity index (χ0n) is 25.7. The molecule has 0 amide bonds. The zero-order chi connectivity index (χ0) is 29.6. The summed E-state index contributed by atoms with van der Waals surface area (Å²) in [6, 6.07) is 12.7. The van der Waals surface area contributed by atoms with Crippen LogP contribution in [0, 0.1) is 5.92 Å². The third-order valence-corrected chi connectivity index (χ3v) is 7.53. The monoisotopic (exact) mass is 554 g/mol. The van der Waals surface area contributed by atoms with Crippen LogP contribution in [0.25, 0.3) is 5.57 Å². The summed E-state index contributed by atoms with van der Waals surface area (Å²) in [7, 11) is 3.28. The molecule has 0 aliphatic carbocycles. The molecule has 0 bridgehead atoms. The predicted molar refractivity (Wildman–Crippen MR) is 174 cm³/mol. The molecule has 0 saturated heterocycles. The summed E-state index contributed by atoms with van der Waals surface area (Å²) < 4.78 is 16.9. The Morgan fingerprint density at radius 1 is 1.05 bits per heavy atom. The first-order chi connectivity index (χ1) is 20.0. The van der Waals surface area contributed by atoms with Crippen molar-refractivity contribution in [2.24, 2.45) is 15.9 Å². The van der Waals surface area contributed by atoms with Gasteiger partial charge in [-0.3, -0.25) is 9.98 Å². The molecule has 3 rings (SSSR count). The molecule has 2 aromatic rings. The SMILES string of the molecule is C=C(/C=C\C(=C/C)COc1ccc(CC2C=Nc3cc(C(/C=N\CC(CC)CCC)=C/C)ccc32)cc1OC)OC. The van der Waals surface area contributed by atoms with Crippen molar-refractivity contribution < 1.29 is 14.2 Å². The summed E-state index contributed by atoms with van der Waals surface area (Å²) in [5, 5.41) is 0. The first kappa shape index (κ1) is 31.7. The molecule has 0 radical (unpaired) electrons. The highest BCUT2D eigenvalue weighted by Crippen LogP contribution is 2.37. The van der Waals surface area contributed by atoms with E-state index in [1.165, 1.54) is 30.4 Å². The Labute approximate surface area is 247 Å². The van der Waals surface area contributed by atoms with Crippen molar-refractivity contribution in [3.8, 4) is 11.5 Å². The van der Waals surface area contributed by atoms with Gasteiger partial charge in [0, 0.05) is 24.9 Å². The minimum absolute atomic E-state index is 0.214. The minimum atomic E-state index is 0.214. The van der Waals surface area contributed by atoms with Gasteiger partial charge in [-0.15, -0.1) is 0 Å². The van der Waals surface area contributed by atoms with Crippen LogP contribution < -0.4 is 9.47 Å². The molecule has 0 saturated carbocycles. The van der Waals surface area contributed by atoms with Crippen molar-refractivity contribution >= 4 is 23.7 Å². The molecule has 1 heterocycles. The molecule has 1 aliphatic rings. The summed E-state index contributed by atoms with van der Waals surface area (Å²) in [6.07, 6.45) is 16.4. The van der Waals surface area contributed by atoms with E-state index in [0.29, 0.717) is 24.0 Å². The zero-order valence-corrected chi connectivity index (χ0v) is 25.7. The van der Waals surface area contributed by atoms with Gasteiger partial charge in [-0.05, 0) is 84.7 Å². The number of allylic oxidation sites excluding steroid dienone is 4. The van der Waals surface area contributed by atoms with E-state index in [1.807, 2.05) is 37.4 Å². The number of benzene rings is 2. The van der Waals surface area contributed by atoms with Crippen molar-refractivity contribution in [1.82, 2.24) is 0 Å². The fourth-order valence-corrected chi connectivity index (χ4v) is 4.88. The van der Waals surface area contributed by atoms with E-state index in [2.05, 4.69) is 70.0 Å². The summed E-state index contributed by atoms with van der Waals surface area (Å²) in [5.41, 5.74) is 6.76. The Bertz CT molecular complexity index is 1320. The van der Waals surface area contributed by atoms with E-state index >= 15 is 0 Å². The highest BCUT2D eigenvalue weighted by molar-refractivity contribution is 6.10. The maximum atomic E-state index is 6.08. The molecule has 5 nitrogen and oxygen atoms in total. The summed E-state index contributed by atoms with van der Waals surface area (Å²) >= 11 is 0. The second-order valence-electron chi connectivity index (χ2n) is 10.3. The molecule has 2 aromatic carbocycles. The second kappa shape index (κ2) is 16.4. The van der Waals surface area contributed by atoms with Crippen LogP contribution >= 0.6 is 0 Å². The lowest BCUT2D eigenvalue weighted by molar-refractivity contribution is 0.308. The molecule has 2 unspecified atom stereocenters. The van der Waals surface area contributed by atoms with Gasteiger partial charge in [0.2, 0.25) is 0 Å². The van der Waals surface area contributed by atoms with Crippen LogP contribution in [0.3, 0.4) is 0 Å². The smallest absolute Gasteiger partial charge is 0.161 e. The van der Waals surface area contributed by atoms with E-state index < -0.39 is 0 Å². The Balaban J connectivity index is 1.66. The predicted octanol–water partition coefficient (Wildman–Crippen LogP) is 9.08. The summed E-state index contributed by atoms with van der Waals surface area (Å²) in [6.45, 7) is 13.7. The van der Waals surface area contributed by atoms with Crippen molar-refractivity contribution in [3.05, 3.63) is 95.3 Å². The molecule has 0 N–H and O–H groups in total. The van der Waals surface area contributed by atoms with Gasteiger partial charge in [0.1, 0.15) is 12.4 Å². The van der Waals surface area contributed by atoms with Crippen molar-refractivity contribution in [1.29, 1.82) is 0 Å². The Morgan fingerprint density at radius 2 is 1.88 bits per heavy atom. The second-order valence-corrected chi connectivity index (χ2v) is 10.3. The average molecular weight is 555 g/mol. The number of methoxy groups -OCH3 is 2. The Kier molecular flexibility index (Phi) is 12.7. The minimum Gasteiger partial charge on any atom is -0.497 e. The van der Waals surface area contributed by atoms with Crippen LogP contribution in [-0.2, 0) is 11.2 Å². The van der Waals surface area contributed by atoms with Crippen molar-refractivity contribution in [2.75, 3.05) is 27.4 Å². The van der Waals surface area contributed by atoms with Crippen LogP contribution in [0.4, 0.5) is 5.69 Å². The normalized spacial score (nSPS) is 15.9. The molecule has 0 fully saturated rings. The first-order valence-corrected chi connectivity index (χ1v) is 14.7. The standard InChI is InChI=1S/C36H46N2O3/c1-8-12-27(9-2)22-37-23-30(11-4)31-16-17-33-32(24-38-34(33)21-31)19-29-15-18-35(36(20-29)40-7)41-25-28(10-3)14-13-26(5)39-6/h10-11,13-18,20-21,23-24,27,32H,5,8-9,12,19,22,25H2,1-4,6-7H3/b14-13-,28-10+,30-11+,37-23-. The lowest BCUT2D eigenvalue weighted by atomic mass is 9.92. The molecule has 1 aliphatic heterocycles. The van der Waals surface area contributed by atoms with Crippen LogP contribution in [-0.4, -0.2) is 39.8 Å². The third-order valence-electron chi connectivity index (χ3n) is 7.53. The van der Waals surface area contributed by atoms with Gasteiger partial charge in [0.15, 0.2) is 11.5 Å². The third kappa shape index (κ3) is 9.07. The lowest BCUT2D eigenvalue weighted by Crippen LogP contribution is -2.04. The fraction of sp³-hybridized carbons (Fsp3) is 0.389. The lowest BCUT2D eigenvalue weighted by Gasteiger charge is -2.15. The van der Waals surface area contributed by atoms with E-state index in [0.717, 1.165) is 41.1 Å². The van der Waals surface area contributed by atoms with Crippen molar-refractivity contribution in [3.63, 3.8) is 0 Å². The maximum Gasteiger partial charge on any atom is 0.161 e. The number of hydrogen-bond acceptors (Lipinski definition) is 5. The van der Waals surface area contributed by atoms with Crippen LogP contribution in [0.5, 0.6) is 11.5 Å². The molecule has 41 heavy (non-hydrogen) atoms. The van der Waals surface area contributed by atoms with E-state index in [9.17, 15) is 0 Å². The number of hydrogen-bond donors (Lipinski definition) is 0. The topological polar surface area (TPSA) is 52.4 Å². The molecular weight excluding hydrogens is 508 g/mol. The maximum absolute atomic E-state index is 6.08. The summed E-state index contributed by atoms with van der Waals surface area (Å²) in [4.78, 5) is 9.55. The van der Waals surface area contributed by atoms with Crippen molar-refractivity contribution in [2.45, 2.75) is 59.3 Å². The average Bonchev–Trinajstić information content (AvgIpc) is 3.40. The Hall–Kier alpha value is -3.86. The number of aliphatic imine (C=N–C) groups is 2. The van der Waals surface area contributed by atoms with Gasteiger partial charge in [0.05, 0.1) is 19.9 Å². The molecule has 0 aromatic heterocycles. The van der Waals surface area contributed by atoms with E-state index in [-0.39, 0.29) is 5.92 Å². The quantitative estimate of drug-likeness (QED) is 0.118. The number of fused-ring (bicyclic) bond motifs is 1. The van der Waals surface area contributed by atoms with Crippen LogP contribution in [0.1, 0.15) is 69.6 Å². The van der Waals surface area contributed by atoms with Crippen LogP contribution in [0.2, 0.25) is 0 Å². The van der Waals surface area contributed by atoms with Gasteiger partial charge in [-0.1, -0.05) is 69.7 Å². The first-order valence-electron chi connectivity index (χ1n) is 14.7. The van der Waals surface area contributed by atoms with Gasteiger partial charge in [-0.2, -0.15) is 0 Å². The highest BCUT2D eigenvalue weighted by Gasteiger charge is 2.21. The van der Waals surface area contributed by atoms with Gasteiger partial charge < -0.3 is 14.2 Å². The largest absolute Gasteiger partial charge is 0.497 e. The highest BCUT2D eigenvalue weighted by atomic mass is 16.5. The van der Waals surface area contributed by atoms with Gasteiger partial charge in [0.25, 0.3) is 0 Å². The molecular formula is C36H46N2O3. The molecule has 5 heteroatoms. The summed E-state index contributed by atoms with van der Waals surface area (Å²) in [5.74, 6) is 2.90. The molecule has 0 spiro atoms. The fourth-order valence-electron chi connectivity index (χ4n) is 4.88. The van der Waals surface area contributed by atoms with Gasteiger partial charge in [-0.25, -0.2) is 0 Å². The number of rotatable bonds is 16. The molecule has 2 atom stereocenters. The Morgan fingerprint density at radius 3 is 2.56 bits per heavy atom. The number of nitrogens with zero attached hydrogens (tertiary/aromatic N) is 2. The van der Waals surface area contributed by atoms with Gasteiger partial charge >= 0.3 is 0 Å². The number of ether oxygens (including phenoxy) is 3. The van der Waals surface area contributed by atoms with Crippen LogP contribution in [0.15, 0.2) is 88.6 Å². The van der Waals surface area contributed by atoms with E-state index in [1.54, 1.807) is 14.2 Å². The van der Waals surface area contributed by atoms with E-state index in [4.69, 9.17) is 24.2 Å². The molecule has 218 valence electrons.